The number of thiophene rings is 1. The summed E-state index contributed by atoms with van der Waals surface area (Å²) in [6, 6.07) is 5.32. The highest BCUT2D eigenvalue weighted by molar-refractivity contribution is 7.10. The van der Waals surface area contributed by atoms with Crippen LogP contribution in [0.15, 0.2) is 17.5 Å². The molecule has 1 rings (SSSR count). The molecule has 0 aliphatic heterocycles. The fourth-order valence-electron chi connectivity index (χ4n) is 1.97. The average molecular weight is 240 g/mol. The van der Waals surface area contributed by atoms with Gasteiger partial charge in [0.05, 0.1) is 0 Å². The van der Waals surface area contributed by atoms with E-state index in [4.69, 9.17) is 0 Å². The zero-order valence-electron chi connectivity index (χ0n) is 10.9. The predicted octanol–water partition coefficient (Wildman–Crippen LogP) is 3.13. The summed E-state index contributed by atoms with van der Waals surface area (Å²) in [5.74, 6) is 0. The Kier molecular flexibility index (Phi) is 6.03. The van der Waals surface area contributed by atoms with Gasteiger partial charge >= 0.3 is 0 Å². The Morgan fingerprint density at radius 2 is 2.00 bits per heavy atom. The van der Waals surface area contributed by atoms with Crippen molar-refractivity contribution in [3.05, 3.63) is 22.4 Å². The van der Waals surface area contributed by atoms with Crippen LogP contribution in [0.2, 0.25) is 0 Å². The first-order valence-electron chi connectivity index (χ1n) is 6.19. The van der Waals surface area contributed by atoms with E-state index >= 15 is 0 Å². The van der Waals surface area contributed by atoms with Crippen molar-refractivity contribution in [2.45, 2.75) is 39.8 Å². The zero-order valence-corrected chi connectivity index (χ0v) is 11.7. The fourth-order valence-corrected chi connectivity index (χ4v) is 2.71. The monoisotopic (exact) mass is 240 g/mol. The smallest absolute Gasteiger partial charge is 0.0388 e. The van der Waals surface area contributed by atoms with E-state index in [1.54, 1.807) is 0 Å². The standard InChI is InChI=1S/C13H24N2S/c1-5-15(6-2)10-11(3)14-12(4)13-8-7-9-16-13/h7-9,11-12,14H,5-6,10H2,1-4H3. The van der Waals surface area contributed by atoms with Crippen LogP contribution in [-0.2, 0) is 0 Å². The summed E-state index contributed by atoms with van der Waals surface area (Å²) in [6.45, 7) is 12.3. The van der Waals surface area contributed by atoms with Crippen LogP contribution in [0, 0.1) is 0 Å². The molecule has 0 aromatic carbocycles. The number of hydrogen-bond acceptors (Lipinski definition) is 3. The highest BCUT2D eigenvalue weighted by Crippen LogP contribution is 2.18. The molecule has 0 saturated heterocycles. The molecule has 0 fully saturated rings. The molecule has 16 heavy (non-hydrogen) atoms. The minimum atomic E-state index is 0.463. The molecule has 2 unspecified atom stereocenters. The van der Waals surface area contributed by atoms with Gasteiger partial charge in [0, 0.05) is 23.5 Å². The molecule has 2 nitrogen and oxygen atoms in total. The number of nitrogens with one attached hydrogen (secondary N) is 1. The summed E-state index contributed by atoms with van der Waals surface area (Å²) in [7, 11) is 0. The molecule has 0 radical (unpaired) electrons. The Morgan fingerprint density at radius 3 is 2.50 bits per heavy atom. The number of rotatable bonds is 7. The molecule has 0 saturated carbocycles. The van der Waals surface area contributed by atoms with Gasteiger partial charge in [0.15, 0.2) is 0 Å². The normalized spacial score (nSPS) is 15.3. The summed E-state index contributed by atoms with van der Waals surface area (Å²) >= 11 is 1.83. The molecule has 0 spiro atoms. The Balaban J connectivity index is 2.36. The Bertz CT molecular complexity index is 267. The Hall–Kier alpha value is -0.380. The van der Waals surface area contributed by atoms with Crippen LogP contribution < -0.4 is 5.32 Å². The minimum Gasteiger partial charge on any atom is -0.306 e. The minimum absolute atomic E-state index is 0.463. The van der Waals surface area contributed by atoms with Crippen LogP contribution in [0.25, 0.3) is 0 Å². The van der Waals surface area contributed by atoms with Crippen molar-refractivity contribution in [1.29, 1.82) is 0 Å². The van der Waals surface area contributed by atoms with Crippen molar-refractivity contribution in [1.82, 2.24) is 10.2 Å². The van der Waals surface area contributed by atoms with Gasteiger partial charge in [-0.1, -0.05) is 19.9 Å². The van der Waals surface area contributed by atoms with Gasteiger partial charge in [0.1, 0.15) is 0 Å². The van der Waals surface area contributed by atoms with Gasteiger partial charge in [-0.25, -0.2) is 0 Å². The summed E-state index contributed by atoms with van der Waals surface area (Å²) < 4.78 is 0. The summed E-state index contributed by atoms with van der Waals surface area (Å²) in [5, 5.41) is 5.79. The van der Waals surface area contributed by atoms with Crippen LogP contribution in [0.5, 0.6) is 0 Å². The van der Waals surface area contributed by atoms with Crippen molar-refractivity contribution < 1.29 is 0 Å². The van der Waals surface area contributed by atoms with Crippen LogP contribution in [-0.4, -0.2) is 30.6 Å². The predicted molar refractivity (Wildman–Crippen MR) is 73.1 cm³/mol. The van der Waals surface area contributed by atoms with Gasteiger partial charge in [-0.2, -0.15) is 0 Å². The molecular formula is C13H24N2S. The van der Waals surface area contributed by atoms with Gasteiger partial charge in [-0.15, -0.1) is 11.3 Å². The van der Waals surface area contributed by atoms with E-state index in [1.165, 1.54) is 4.88 Å². The number of likely N-dealkylation sites (N-methyl/N-ethyl adjacent to an activating group) is 1. The third kappa shape index (κ3) is 4.24. The van der Waals surface area contributed by atoms with E-state index in [2.05, 4.69) is 55.4 Å². The van der Waals surface area contributed by atoms with E-state index in [-0.39, 0.29) is 0 Å². The molecule has 1 heterocycles. The van der Waals surface area contributed by atoms with E-state index < -0.39 is 0 Å². The van der Waals surface area contributed by atoms with Gasteiger partial charge < -0.3 is 10.2 Å². The fraction of sp³-hybridized carbons (Fsp3) is 0.692. The molecule has 3 heteroatoms. The van der Waals surface area contributed by atoms with Gasteiger partial charge in [-0.05, 0) is 38.4 Å². The van der Waals surface area contributed by atoms with Crippen molar-refractivity contribution in [3.8, 4) is 0 Å². The molecular weight excluding hydrogens is 216 g/mol. The topological polar surface area (TPSA) is 15.3 Å². The second kappa shape index (κ2) is 7.05. The van der Waals surface area contributed by atoms with Crippen molar-refractivity contribution in [2.24, 2.45) is 0 Å². The third-order valence-corrected chi connectivity index (χ3v) is 3.99. The first kappa shape index (κ1) is 13.7. The van der Waals surface area contributed by atoms with E-state index in [1.807, 2.05) is 11.3 Å². The van der Waals surface area contributed by atoms with Gasteiger partial charge in [0.25, 0.3) is 0 Å². The maximum atomic E-state index is 3.65. The molecule has 0 aliphatic rings. The van der Waals surface area contributed by atoms with E-state index in [0.29, 0.717) is 12.1 Å². The van der Waals surface area contributed by atoms with Crippen LogP contribution >= 0.6 is 11.3 Å². The Labute approximate surface area is 104 Å². The van der Waals surface area contributed by atoms with Crippen LogP contribution in [0.1, 0.15) is 38.6 Å². The molecule has 0 amide bonds. The first-order chi connectivity index (χ1) is 7.67. The number of nitrogens with zero attached hydrogens (tertiary/aromatic N) is 1. The second-order valence-corrected chi connectivity index (χ2v) is 5.27. The number of hydrogen-bond donors (Lipinski definition) is 1. The lowest BCUT2D eigenvalue weighted by Gasteiger charge is -2.25. The summed E-state index contributed by atoms with van der Waals surface area (Å²) in [4.78, 5) is 3.88. The van der Waals surface area contributed by atoms with Crippen LogP contribution in [0.4, 0.5) is 0 Å². The lowest BCUT2D eigenvalue weighted by atomic mass is 10.2. The first-order valence-corrected chi connectivity index (χ1v) is 7.07. The van der Waals surface area contributed by atoms with Gasteiger partial charge in [0.2, 0.25) is 0 Å². The third-order valence-electron chi connectivity index (χ3n) is 2.93. The molecule has 0 bridgehead atoms. The van der Waals surface area contributed by atoms with Crippen molar-refractivity contribution in [2.75, 3.05) is 19.6 Å². The molecule has 0 aliphatic carbocycles. The summed E-state index contributed by atoms with van der Waals surface area (Å²) in [6.07, 6.45) is 0. The largest absolute Gasteiger partial charge is 0.306 e. The SMILES string of the molecule is CCN(CC)CC(C)NC(C)c1cccs1. The molecule has 1 aromatic rings. The molecule has 92 valence electrons. The highest BCUT2D eigenvalue weighted by atomic mass is 32.1. The average Bonchev–Trinajstić information content (AvgIpc) is 2.79. The molecule has 1 aromatic heterocycles. The highest BCUT2D eigenvalue weighted by Gasteiger charge is 2.12. The quantitative estimate of drug-likeness (QED) is 0.788. The molecule has 2 atom stereocenters. The van der Waals surface area contributed by atoms with E-state index in [0.717, 1.165) is 19.6 Å². The van der Waals surface area contributed by atoms with E-state index in [9.17, 15) is 0 Å². The van der Waals surface area contributed by atoms with Crippen molar-refractivity contribution >= 4 is 11.3 Å². The Morgan fingerprint density at radius 1 is 1.31 bits per heavy atom. The second-order valence-electron chi connectivity index (χ2n) is 4.29. The van der Waals surface area contributed by atoms with Crippen LogP contribution in [0.3, 0.4) is 0 Å². The van der Waals surface area contributed by atoms with Crippen molar-refractivity contribution in [3.63, 3.8) is 0 Å². The molecule has 1 N–H and O–H groups in total. The summed E-state index contributed by atoms with van der Waals surface area (Å²) in [5.41, 5.74) is 0. The zero-order chi connectivity index (χ0) is 12.0. The van der Waals surface area contributed by atoms with Gasteiger partial charge in [-0.3, -0.25) is 0 Å². The maximum absolute atomic E-state index is 3.65. The lowest BCUT2D eigenvalue weighted by Crippen LogP contribution is -2.39. The lowest BCUT2D eigenvalue weighted by molar-refractivity contribution is 0.264. The maximum Gasteiger partial charge on any atom is 0.0388 e.